The largest absolute Gasteiger partial charge is 0.492 e. The minimum Gasteiger partial charge on any atom is -0.492 e. The molecule has 0 bridgehead atoms. The number of rotatable bonds is 11. The molecule has 0 spiro atoms. The fraction of sp³-hybridized carbons (Fsp3) is 0.632. The van der Waals surface area contributed by atoms with Crippen molar-refractivity contribution in [1.29, 1.82) is 0 Å². The summed E-state index contributed by atoms with van der Waals surface area (Å²) < 4.78 is 5.67. The van der Waals surface area contributed by atoms with Gasteiger partial charge in [0.05, 0.1) is 6.54 Å². The Labute approximate surface area is 170 Å². The zero-order chi connectivity index (χ0) is 17.6. The molecule has 0 heterocycles. The van der Waals surface area contributed by atoms with Crippen molar-refractivity contribution < 1.29 is 4.74 Å². The van der Waals surface area contributed by atoms with Crippen molar-refractivity contribution in [2.45, 2.75) is 39.7 Å². The number of nitrogens with zero attached hydrogens (tertiary/aromatic N) is 2. The van der Waals surface area contributed by atoms with E-state index in [0.29, 0.717) is 12.6 Å². The first-order valence-electron chi connectivity index (χ1n) is 9.07. The number of hydrogen-bond donors (Lipinski definition) is 2. The Morgan fingerprint density at radius 2 is 1.88 bits per heavy atom. The van der Waals surface area contributed by atoms with Gasteiger partial charge < -0.3 is 20.3 Å². The van der Waals surface area contributed by atoms with Crippen LogP contribution in [0.15, 0.2) is 35.3 Å². The van der Waals surface area contributed by atoms with Crippen molar-refractivity contribution in [1.82, 2.24) is 15.5 Å². The summed E-state index contributed by atoms with van der Waals surface area (Å²) >= 11 is 0. The predicted octanol–water partition coefficient (Wildman–Crippen LogP) is 3.36. The summed E-state index contributed by atoms with van der Waals surface area (Å²) in [5, 5.41) is 6.74. The number of ether oxygens (including phenoxy) is 1. The molecule has 0 radical (unpaired) electrons. The van der Waals surface area contributed by atoms with E-state index < -0.39 is 0 Å². The molecule has 0 aliphatic heterocycles. The van der Waals surface area contributed by atoms with E-state index in [4.69, 9.17) is 4.74 Å². The lowest BCUT2D eigenvalue weighted by Gasteiger charge is -2.21. The van der Waals surface area contributed by atoms with E-state index in [-0.39, 0.29) is 24.0 Å². The topological polar surface area (TPSA) is 48.9 Å². The van der Waals surface area contributed by atoms with Gasteiger partial charge in [-0.2, -0.15) is 0 Å². The number of benzene rings is 1. The van der Waals surface area contributed by atoms with Crippen LogP contribution in [-0.2, 0) is 0 Å². The lowest BCUT2D eigenvalue weighted by atomic mass is 10.2. The molecule has 2 N–H and O–H groups in total. The molecular formula is C19H35IN4O. The van der Waals surface area contributed by atoms with Crippen LogP contribution < -0.4 is 15.4 Å². The highest BCUT2D eigenvalue weighted by molar-refractivity contribution is 14.0. The summed E-state index contributed by atoms with van der Waals surface area (Å²) in [4.78, 5) is 6.74. The second kappa shape index (κ2) is 15.3. The Kier molecular flexibility index (Phi) is 14.6. The molecule has 144 valence electrons. The smallest absolute Gasteiger partial charge is 0.191 e. The van der Waals surface area contributed by atoms with Gasteiger partial charge in [-0.15, -0.1) is 24.0 Å². The van der Waals surface area contributed by atoms with Gasteiger partial charge in [-0.05, 0) is 51.5 Å². The van der Waals surface area contributed by atoms with Gasteiger partial charge >= 0.3 is 0 Å². The number of halogens is 1. The number of guanidine groups is 1. The van der Waals surface area contributed by atoms with Gasteiger partial charge in [0.2, 0.25) is 0 Å². The molecule has 1 unspecified atom stereocenters. The van der Waals surface area contributed by atoms with Crippen molar-refractivity contribution in [3.05, 3.63) is 30.3 Å². The fourth-order valence-corrected chi connectivity index (χ4v) is 2.52. The van der Waals surface area contributed by atoms with Crippen LogP contribution in [0, 0.1) is 0 Å². The number of nitrogens with one attached hydrogen (secondary N) is 2. The maximum Gasteiger partial charge on any atom is 0.191 e. The van der Waals surface area contributed by atoms with Gasteiger partial charge in [0, 0.05) is 13.1 Å². The molecule has 0 saturated carbocycles. The van der Waals surface area contributed by atoms with E-state index in [1.54, 1.807) is 7.05 Å². The van der Waals surface area contributed by atoms with Crippen LogP contribution in [0.2, 0.25) is 0 Å². The molecule has 1 aromatic rings. The van der Waals surface area contributed by atoms with Gasteiger partial charge in [-0.25, -0.2) is 0 Å². The Balaban J connectivity index is 0.00000576. The first-order valence-corrected chi connectivity index (χ1v) is 9.07. The summed E-state index contributed by atoms with van der Waals surface area (Å²) in [6.07, 6.45) is 2.33. The van der Waals surface area contributed by atoms with Crippen molar-refractivity contribution in [2.24, 2.45) is 4.99 Å². The third kappa shape index (κ3) is 11.3. The van der Waals surface area contributed by atoms with Crippen molar-refractivity contribution in [2.75, 3.05) is 39.8 Å². The van der Waals surface area contributed by atoms with Crippen LogP contribution in [0.5, 0.6) is 5.75 Å². The molecule has 1 rings (SSSR count). The molecule has 0 saturated heterocycles. The molecule has 1 atom stereocenters. The minimum atomic E-state index is 0. The molecule has 0 fully saturated rings. The zero-order valence-corrected chi connectivity index (χ0v) is 18.5. The fourth-order valence-electron chi connectivity index (χ4n) is 2.52. The highest BCUT2D eigenvalue weighted by Crippen LogP contribution is 2.07. The SMILES string of the molecule is CCN(CC)CCCC(C)NC(=NC)NCCOc1ccccc1.I. The summed E-state index contributed by atoms with van der Waals surface area (Å²) in [6, 6.07) is 10.3. The number of para-hydroxylation sites is 1. The van der Waals surface area contributed by atoms with E-state index in [0.717, 1.165) is 44.3 Å². The number of hydrogen-bond acceptors (Lipinski definition) is 3. The molecule has 1 aromatic carbocycles. The average Bonchev–Trinajstić information content (AvgIpc) is 2.62. The van der Waals surface area contributed by atoms with Crippen molar-refractivity contribution in [3.63, 3.8) is 0 Å². The molecule has 0 aromatic heterocycles. The van der Waals surface area contributed by atoms with E-state index in [1.165, 1.54) is 6.42 Å². The van der Waals surface area contributed by atoms with Crippen LogP contribution >= 0.6 is 24.0 Å². The van der Waals surface area contributed by atoms with Crippen LogP contribution in [0.25, 0.3) is 0 Å². The monoisotopic (exact) mass is 462 g/mol. The predicted molar refractivity (Wildman–Crippen MR) is 118 cm³/mol. The van der Waals surface area contributed by atoms with Crippen LogP contribution in [0.3, 0.4) is 0 Å². The standard InChI is InChI=1S/C19H34N4O.HI/c1-5-23(6-2)15-10-11-17(3)22-19(20-4)21-14-16-24-18-12-8-7-9-13-18;/h7-9,12-13,17H,5-6,10-11,14-16H2,1-4H3,(H2,20,21,22);1H. The first-order chi connectivity index (χ1) is 11.7. The Morgan fingerprint density at radius 3 is 2.48 bits per heavy atom. The normalized spacial score (nSPS) is 12.4. The number of aliphatic imine (C=N–C) groups is 1. The second-order valence-corrected chi connectivity index (χ2v) is 5.88. The third-order valence-electron chi connectivity index (χ3n) is 4.02. The summed E-state index contributed by atoms with van der Waals surface area (Å²) in [5.74, 6) is 1.73. The highest BCUT2D eigenvalue weighted by atomic mass is 127. The van der Waals surface area contributed by atoms with Crippen molar-refractivity contribution in [3.8, 4) is 5.75 Å². The Morgan fingerprint density at radius 1 is 1.20 bits per heavy atom. The van der Waals surface area contributed by atoms with Gasteiger partial charge in [0.1, 0.15) is 12.4 Å². The summed E-state index contributed by atoms with van der Waals surface area (Å²) in [7, 11) is 1.80. The molecule has 0 aliphatic rings. The first kappa shape index (κ1) is 24.0. The van der Waals surface area contributed by atoms with E-state index in [2.05, 4.69) is 41.3 Å². The maximum atomic E-state index is 5.67. The average molecular weight is 462 g/mol. The quantitative estimate of drug-likeness (QED) is 0.229. The van der Waals surface area contributed by atoms with Gasteiger partial charge in [0.25, 0.3) is 0 Å². The molecule has 5 nitrogen and oxygen atoms in total. The van der Waals surface area contributed by atoms with Gasteiger partial charge in [-0.3, -0.25) is 4.99 Å². The second-order valence-electron chi connectivity index (χ2n) is 5.88. The van der Waals surface area contributed by atoms with Crippen LogP contribution in [0.4, 0.5) is 0 Å². The van der Waals surface area contributed by atoms with Gasteiger partial charge in [0.15, 0.2) is 5.96 Å². The van der Waals surface area contributed by atoms with Crippen molar-refractivity contribution >= 4 is 29.9 Å². The maximum absolute atomic E-state index is 5.67. The van der Waals surface area contributed by atoms with Crippen LogP contribution in [-0.4, -0.2) is 56.7 Å². The Bertz CT molecular complexity index is 452. The molecule has 0 aliphatic carbocycles. The minimum absolute atomic E-state index is 0. The summed E-state index contributed by atoms with van der Waals surface area (Å²) in [6.45, 7) is 11.4. The lowest BCUT2D eigenvalue weighted by molar-refractivity contribution is 0.292. The van der Waals surface area contributed by atoms with E-state index >= 15 is 0 Å². The molecule has 0 amide bonds. The highest BCUT2D eigenvalue weighted by Gasteiger charge is 2.06. The summed E-state index contributed by atoms with van der Waals surface area (Å²) in [5.41, 5.74) is 0. The van der Waals surface area contributed by atoms with E-state index in [9.17, 15) is 0 Å². The zero-order valence-electron chi connectivity index (χ0n) is 16.1. The van der Waals surface area contributed by atoms with Gasteiger partial charge in [-0.1, -0.05) is 32.0 Å². The molecule has 25 heavy (non-hydrogen) atoms. The molecule has 6 heteroatoms. The lowest BCUT2D eigenvalue weighted by Crippen LogP contribution is -2.43. The third-order valence-corrected chi connectivity index (χ3v) is 4.02. The Hall–Kier alpha value is -1.02. The molecular weight excluding hydrogens is 427 g/mol. The van der Waals surface area contributed by atoms with Crippen LogP contribution in [0.1, 0.15) is 33.6 Å². The van der Waals surface area contributed by atoms with E-state index in [1.807, 2.05) is 30.3 Å².